The van der Waals surface area contributed by atoms with Crippen molar-refractivity contribution in [3.05, 3.63) is 54.7 Å². The molecule has 1 heterocycles. The van der Waals surface area contributed by atoms with E-state index >= 15 is 0 Å². The van der Waals surface area contributed by atoms with Gasteiger partial charge in [0.05, 0.1) is 25.4 Å². The Balaban J connectivity index is 2.07. The van der Waals surface area contributed by atoms with Crippen LogP contribution in [0.25, 0.3) is 10.9 Å². The van der Waals surface area contributed by atoms with Crippen molar-refractivity contribution in [3.8, 4) is 11.5 Å². The molecular weight excluding hydrogens is 264 g/mol. The summed E-state index contributed by atoms with van der Waals surface area (Å²) in [4.78, 5) is 4.36. The molecule has 0 radical (unpaired) electrons. The van der Waals surface area contributed by atoms with Gasteiger partial charge in [0.1, 0.15) is 0 Å². The highest BCUT2D eigenvalue weighted by Gasteiger charge is 2.10. The lowest BCUT2D eigenvalue weighted by Crippen LogP contribution is -1.98. The molecule has 4 heteroatoms. The standard InChI is InChI=1S/C17H16N2O2/c1-20-16-10-4-9-15(17(16)21-2)19-14-8-3-7-13-12(14)6-5-11-18-13/h3-11,19H,1-2H3. The molecule has 0 fully saturated rings. The van der Waals surface area contributed by atoms with Gasteiger partial charge in [-0.1, -0.05) is 12.1 Å². The van der Waals surface area contributed by atoms with Gasteiger partial charge in [-0.15, -0.1) is 0 Å². The number of aromatic nitrogens is 1. The van der Waals surface area contributed by atoms with E-state index in [-0.39, 0.29) is 0 Å². The SMILES string of the molecule is COc1cccc(Nc2cccc3ncccc23)c1OC. The number of nitrogens with zero attached hydrogens (tertiary/aromatic N) is 1. The number of benzene rings is 2. The van der Waals surface area contributed by atoms with Gasteiger partial charge in [-0.2, -0.15) is 0 Å². The molecule has 3 aromatic rings. The van der Waals surface area contributed by atoms with Crippen LogP contribution < -0.4 is 14.8 Å². The third-order valence-electron chi connectivity index (χ3n) is 3.32. The Hall–Kier alpha value is -2.75. The molecule has 0 aliphatic heterocycles. The van der Waals surface area contributed by atoms with Gasteiger partial charge in [0, 0.05) is 17.3 Å². The first-order chi connectivity index (χ1) is 10.3. The molecular formula is C17H16N2O2. The second kappa shape index (κ2) is 5.71. The molecule has 4 nitrogen and oxygen atoms in total. The Bertz CT molecular complexity index is 766. The first-order valence-corrected chi connectivity index (χ1v) is 6.65. The van der Waals surface area contributed by atoms with Gasteiger partial charge in [-0.25, -0.2) is 0 Å². The van der Waals surface area contributed by atoms with Gasteiger partial charge < -0.3 is 14.8 Å². The molecule has 0 spiro atoms. The largest absolute Gasteiger partial charge is 0.493 e. The predicted molar refractivity (Wildman–Crippen MR) is 84.6 cm³/mol. The number of pyridine rings is 1. The second-order valence-electron chi connectivity index (χ2n) is 4.54. The quantitative estimate of drug-likeness (QED) is 0.784. The molecule has 0 amide bonds. The number of anilines is 2. The van der Waals surface area contributed by atoms with Crippen molar-refractivity contribution in [1.82, 2.24) is 4.98 Å². The van der Waals surface area contributed by atoms with Crippen molar-refractivity contribution < 1.29 is 9.47 Å². The number of para-hydroxylation sites is 1. The van der Waals surface area contributed by atoms with Gasteiger partial charge in [-0.05, 0) is 36.4 Å². The molecule has 1 N–H and O–H groups in total. The lowest BCUT2D eigenvalue weighted by molar-refractivity contribution is 0.356. The Morgan fingerprint density at radius 1 is 0.857 bits per heavy atom. The highest BCUT2D eigenvalue weighted by atomic mass is 16.5. The summed E-state index contributed by atoms with van der Waals surface area (Å²) in [6.07, 6.45) is 1.79. The van der Waals surface area contributed by atoms with Gasteiger partial charge in [0.15, 0.2) is 11.5 Å². The minimum Gasteiger partial charge on any atom is -0.493 e. The number of fused-ring (bicyclic) bond motifs is 1. The Morgan fingerprint density at radius 2 is 1.67 bits per heavy atom. The average molecular weight is 280 g/mol. The van der Waals surface area contributed by atoms with Crippen molar-refractivity contribution in [2.75, 3.05) is 19.5 Å². The lowest BCUT2D eigenvalue weighted by Gasteiger charge is -2.15. The minimum absolute atomic E-state index is 0.681. The van der Waals surface area contributed by atoms with Crippen LogP contribution in [0.1, 0.15) is 0 Å². The van der Waals surface area contributed by atoms with Crippen LogP contribution in [0.15, 0.2) is 54.7 Å². The van der Waals surface area contributed by atoms with E-state index in [1.54, 1.807) is 20.4 Å². The maximum atomic E-state index is 5.45. The summed E-state index contributed by atoms with van der Waals surface area (Å²) >= 11 is 0. The molecule has 0 saturated carbocycles. The summed E-state index contributed by atoms with van der Waals surface area (Å²) in [7, 11) is 3.26. The third kappa shape index (κ3) is 2.48. The van der Waals surface area contributed by atoms with Crippen molar-refractivity contribution in [3.63, 3.8) is 0 Å². The van der Waals surface area contributed by atoms with E-state index in [0.29, 0.717) is 11.5 Å². The fourth-order valence-corrected chi connectivity index (χ4v) is 2.34. The van der Waals surface area contributed by atoms with Crippen LogP contribution in [-0.2, 0) is 0 Å². The van der Waals surface area contributed by atoms with Crippen molar-refractivity contribution in [1.29, 1.82) is 0 Å². The van der Waals surface area contributed by atoms with E-state index in [1.807, 2.05) is 48.5 Å². The monoisotopic (exact) mass is 280 g/mol. The maximum absolute atomic E-state index is 5.45. The topological polar surface area (TPSA) is 43.4 Å². The summed E-state index contributed by atoms with van der Waals surface area (Å²) in [6, 6.07) is 15.7. The summed E-state index contributed by atoms with van der Waals surface area (Å²) in [5.41, 5.74) is 2.78. The second-order valence-corrected chi connectivity index (χ2v) is 4.54. The van der Waals surface area contributed by atoms with Crippen molar-refractivity contribution in [2.45, 2.75) is 0 Å². The maximum Gasteiger partial charge on any atom is 0.184 e. The summed E-state index contributed by atoms with van der Waals surface area (Å²) < 4.78 is 10.8. The highest BCUT2D eigenvalue weighted by molar-refractivity contribution is 5.93. The number of ether oxygens (including phenoxy) is 2. The van der Waals surface area contributed by atoms with E-state index in [4.69, 9.17) is 9.47 Å². The molecule has 2 aromatic carbocycles. The van der Waals surface area contributed by atoms with Crippen LogP contribution in [0.5, 0.6) is 11.5 Å². The van der Waals surface area contributed by atoms with Gasteiger partial charge in [0.2, 0.25) is 0 Å². The summed E-state index contributed by atoms with van der Waals surface area (Å²) in [5, 5.41) is 4.46. The number of nitrogens with one attached hydrogen (secondary N) is 1. The van der Waals surface area contributed by atoms with E-state index in [2.05, 4.69) is 10.3 Å². The van der Waals surface area contributed by atoms with Crippen molar-refractivity contribution in [2.24, 2.45) is 0 Å². The zero-order chi connectivity index (χ0) is 14.7. The molecule has 106 valence electrons. The smallest absolute Gasteiger partial charge is 0.184 e. The lowest BCUT2D eigenvalue weighted by atomic mass is 10.1. The third-order valence-corrected chi connectivity index (χ3v) is 3.32. The van der Waals surface area contributed by atoms with Crippen LogP contribution in [0.4, 0.5) is 11.4 Å². The number of rotatable bonds is 4. The highest BCUT2D eigenvalue weighted by Crippen LogP contribution is 2.37. The van der Waals surface area contributed by atoms with Gasteiger partial charge in [-0.3, -0.25) is 4.98 Å². The minimum atomic E-state index is 0.681. The fourth-order valence-electron chi connectivity index (χ4n) is 2.34. The first kappa shape index (κ1) is 13.2. The average Bonchev–Trinajstić information content (AvgIpc) is 2.55. The predicted octanol–water partition coefficient (Wildman–Crippen LogP) is 4.00. The van der Waals surface area contributed by atoms with Crippen LogP contribution in [-0.4, -0.2) is 19.2 Å². The number of methoxy groups -OCH3 is 2. The van der Waals surface area contributed by atoms with Gasteiger partial charge >= 0.3 is 0 Å². The summed E-state index contributed by atoms with van der Waals surface area (Å²) in [5.74, 6) is 1.38. The molecule has 1 aromatic heterocycles. The van der Waals surface area contributed by atoms with Crippen LogP contribution in [0.3, 0.4) is 0 Å². The van der Waals surface area contributed by atoms with Crippen molar-refractivity contribution >= 4 is 22.3 Å². The molecule has 0 bridgehead atoms. The Labute approximate surface area is 123 Å². The molecule has 0 atom stereocenters. The molecule has 3 rings (SSSR count). The number of hydrogen-bond acceptors (Lipinski definition) is 4. The van der Waals surface area contributed by atoms with E-state index in [9.17, 15) is 0 Å². The van der Waals surface area contributed by atoms with E-state index < -0.39 is 0 Å². The first-order valence-electron chi connectivity index (χ1n) is 6.65. The Morgan fingerprint density at radius 3 is 2.48 bits per heavy atom. The van der Waals surface area contributed by atoms with E-state index in [0.717, 1.165) is 22.3 Å². The fraction of sp³-hybridized carbons (Fsp3) is 0.118. The molecule has 0 aliphatic rings. The normalized spacial score (nSPS) is 10.4. The molecule has 21 heavy (non-hydrogen) atoms. The number of hydrogen-bond donors (Lipinski definition) is 1. The van der Waals surface area contributed by atoms with Crippen LogP contribution >= 0.6 is 0 Å². The Kier molecular flexibility index (Phi) is 3.60. The van der Waals surface area contributed by atoms with E-state index in [1.165, 1.54) is 0 Å². The zero-order valence-electron chi connectivity index (χ0n) is 12.0. The van der Waals surface area contributed by atoms with Crippen LogP contribution in [0, 0.1) is 0 Å². The molecule has 0 aliphatic carbocycles. The van der Waals surface area contributed by atoms with Crippen LogP contribution in [0.2, 0.25) is 0 Å². The zero-order valence-corrected chi connectivity index (χ0v) is 12.0. The molecule has 0 saturated heterocycles. The van der Waals surface area contributed by atoms with Gasteiger partial charge in [0.25, 0.3) is 0 Å². The summed E-state index contributed by atoms with van der Waals surface area (Å²) in [6.45, 7) is 0. The molecule has 0 unspecified atom stereocenters.